The largest absolute Gasteiger partial charge is 0.497 e. The van der Waals surface area contributed by atoms with E-state index in [-0.39, 0.29) is 18.2 Å². The summed E-state index contributed by atoms with van der Waals surface area (Å²) in [6.45, 7) is 2.28. The SMILES string of the molecule is COc1ccc(C(=O)C(C)NCCCC(=O)O)cc1. The van der Waals surface area contributed by atoms with E-state index in [1.54, 1.807) is 38.3 Å². The number of ether oxygens (including phenoxy) is 1. The number of carbonyl (C=O) groups excluding carboxylic acids is 1. The Balaban J connectivity index is 2.44. The molecule has 1 aromatic carbocycles. The monoisotopic (exact) mass is 265 g/mol. The molecule has 19 heavy (non-hydrogen) atoms. The Hall–Kier alpha value is -1.88. The van der Waals surface area contributed by atoms with Crippen LogP contribution >= 0.6 is 0 Å². The second-order valence-electron chi connectivity index (χ2n) is 4.27. The third-order valence-electron chi connectivity index (χ3n) is 2.79. The number of rotatable bonds is 8. The van der Waals surface area contributed by atoms with Gasteiger partial charge < -0.3 is 15.2 Å². The predicted octanol–water partition coefficient (Wildman–Crippen LogP) is 1.72. The summed E-state index contributed by atoms with van der Waals surface area (Å²) in [7, 11) is 1.57. The van der Waals surface area contributed by atoms with Crippen LogP contribution < -0.4 is 10.1 Å². The lowest BCUT2D eigenvalue weighted by atomic mass is 10.1. The number of carboxylic acid groups (broad SMARTS) is 1. The quantitative estimate of drug-likeness (QED) is 0.553. The van der Waals surface area contributed by atoms with E-state index in [2.05, 4.69) is 5.32 Å². The van der Waals surface area contributed by atoms with Crippen molar-refractivity contribution in [3.8, 4) is 5.75 Å². The van der Waals surface area contributed by atoms with Crippen LogP contribution in [0.1, 0.15) is 30.1 Å². The van der Waals surface area contributed by atoms with Crippen LogP contribution in [0.4, 0.5) is 0 Å². The molecule has 5 heteroatoms. The zero-order valence-electron chi connectivity index (χ0n) is 11.2. The number of ketones is 1. The first-order valence-corrected chi connectivity index (χ1v) is 6.18. The summed E-state index contributed by atoms with van der Waals surface area (Å²) in [6, 6.07) is 6.59. The van der Waals surface area contributed by atoms with Crippen LogP contribution in [-0.4, -0.2) is 36.6 Å². The Bertz CT molecular complexity index is 428. The zero-order valence-corrected chi connectivity index (χ0v) is 11.2. The number of methoxy groups -OCH3 is 1. The van der Waals surface area contributed by atoms with Crippen LogP contribution in [-0.2, 0) is 4.79 Å². The highest BCUT2D eigenvalue weighted by atomic mass is 16.5. The second kappa shape index (κ2) is 7.53. The van der Waals surface area contributed by atoms with Crippen LogP contribution in [0.3, 0.4) is 0 Å². The topological polar surface area (TPSA) is 75.6 Å². The van der Waals surface area contributed by atoms with Crippen molar-refractivity contribution >= 4 is 11.8 Å². The molecule has 104 valence electrons. The summed E-state index contributed by atoms with van der Waals surface area (Å²) in [5, 5.41) is 11.5. The minimum absolute atomic E-state index is 0.0158. The van der Waals surface area contributed by atoms with Gasteiger partial charge in [0.1, 0.15) is 5.75 Å². The van der Waals surface area contributed by atoms with E-state index in [0.29, 0.717) is 24.3 Å². The molecule has 0 spiro atoms. The molecule has 0 aliphatic rings. The molecule has 1 aromatic rings. The van der Waals surface area contributed by atoms with E-state index in [1.807, 2.05) is 0 Å². The van der Waals surface area contributed by atoms with Crippen molar-refractivity contribution in [1.29, 1.82) is 0 Å². The third kappa shape index (κ3) is 5.09. The van der Waals surface area contributed by atoms with Crippen molar-refractivity contribution in [3.63, 3.8) is 0 Å². The lowest BCUT2D eigenvalue weighted by Gasteiger charge is -2.12. The van der Waals surface area contributed by atoms with Gasteiger partial charge in [0.25, 0.3) is 0 Å². The molecular formula is C14H19NO4. The number of carboxylic acids is 1. The second-order valence-corrected chi connectivity index (χ2v) is 4.27. The predicted molar refractivity (Wildman–Crippen MR) is 71.7 cm³/mol. The van der Waals surface area contributed by atoms with Crippen LogP contribution in [0.2, 0.25) is 0 Å². The molecular weight excluding hydrogens is 246 g/mol. The number of hydrogen-bond acceptors (Lipinski definition) is 4. The summed E-state index contributed by atoms with van der Waals surface area (Å²) < 4.78 is 5.03. The van der Waals surface area contributed by atoms with E-state index in [0.717, 1.165) is 0 Å². The van der Waals surface area contributed by atoms with Gasteiger partial charge in [-0.25, -0.2) is 0 Å². The van der Waals surface area contributed by atoms with Crippen molar-refractivity contribution in [1.82, 2.24) is 5.32 Å². The van der Waals surface area contributed by atoms with E-state index < -0.39 is 5.97 Å². The number of aliphatic carboxylic acids is 1. The Labute approximate surface area is 112 Å². The highest BCUT2D eigenvalue weighted by Gasteiger charge is 2.14. The first-order valence-electron chi connectivity index (χ1n) is 6.18. The molecule has 0 radical (unpaired) electrons. The maximum absolute atomic E-state index is 12.1. The minimum Gasteiger partial charge on any atom is -0.497 e. The lowest BCUT2D eigenvalue weighted by Crippen LogP contribution is -2.34. The molecule has 0 heterocycles. The first kappa shape index (κ1) is 15.2. The number of hydrogen-bond donors (Lipinski definition) is 2. The summed E-state index contributed by atoms with van der Waals surface area (Å²) in [4.78, 5) is 22.4. The van der Waals surface area contributed by atoms with Crippen molar-refractivity contribution in [2.24, 2.45) is 0 Å². The lowest BCUT2D eigenvalue weighted by molar-refractivity contribution is -0.137. The van der Waals surface area contributed by atoms with Gasteiger partial charge in [-0.1, -0.05) is 0 Å². The minimum atomic E-state index is -0.823. The van der Waals surface area contributed by atoms with Crippen LogP contribution in [0.5, 0.6) is 5.75 Å². The molecule has 0 bridgehead atoms. The molecule has 1 unspecified atom stereocenters. The number of carbonyl (C=O) groups is 2. The molecule has 0 aliphatic carbocycles. The Kier molecular flexibility index (Phi) is 6.02. The van der Waals surface area contributed by atoms with Crippen molar-refractivity contribution < 1.29 is 19.4 Å². The van der Waals surface area contributed by atoms with Gasteiger partial charge in [0.05, 0.1) is 13.2 Å². The van der Waals surface area contributed by atoms with Gasteiger partial charge in [0.15, 0.2) is 5.78 Å². The molecule has 0 saturated carbocycles. The molecule has 0 aliphatic heterocycles. The zero-order chi connectivity index (χ0) is 14.3. The molecule has 5 nitrogen and oxygen atoms in total. The molecule has 0 fully saturated rings. The maximum atomic E-state index is 12.1. The Morgan fingerprint density at radius 2 is 1.95 bits per heavy atom. The van der Waals surface area contributed by atoms with Gasteiger partial charge in [0.2, 0.25) is 0 Å². The van der Waals surface area contributed by atoms with E-state index in [9.17, 15) is 9.59 Å². The fraction of sp³-hybridized carbons (Fsp3) is 0.429. The smallest absolute Gasteiger partial charge is 0.303 e. The maximum Gasteiger partial charge on any atom is 0.303 e. The molecule has 1 atom stereocenters. The molecule has 0 saturated heterocycles. The fourth-order valence-corrected chi connectivity index (χ4v) is 1.66. The highest BCUT2D eigenvalue weighted by molar-refractivity contribution is 5.99. The van der Waals surface area contributed by atoms with Crippen molar-refractivity contribution in [3.05, 3.63) is 29.8 Å². The fourth-order valence-electron chi connectivity index (χ4n) is 1.66. The number of nitrogens with one attached hydrogen (secondary N) is 1. The average molecular weight is 265 g/mol. The van der Waals surface area contributed by atoms with Crippen LogP contribution in [0.25, 0.3) is 0 Å². The van der Waals surface area contributed by atoms with Gasteiger partial charge >= 0.3 is 5.97 Å². The van der Waals surface area contributed by atoms with E-state index in [1.165, 1.54) is 0 Å². The van der Waals surface area contributed by atoms with Gasteiger partial charge in [0, 0.05) is 12.0 Å². The van der Waals surface area contributed by atoms with E-state index in [4.69, 9.17) is 9.84 Å². The summed E-state index contributed by atoms with van der Waals surface area (Å²) in [6.07, 6.45) is 0.617. The third-order valence-corrected chi connectivity index (χ3v) is 2.79. The van der Waals surface area contributed by atoms with Gasteiger partial charge in [-0.05, 0) is 44.2 Å². The van der Waals surface area contributed by atoms with Crippen LogP contribution in [0.15, 0.2) is 24.3 Å². The molecule has 0 aromatic heterocycles. The molecule has 2 N–H and O–H groups in total. The number of benzene rings is 1. The van der Waals surface area contributed by atoms with Gasteiger partial charge in [-0.2, -0.15) is 0 Å². The van der Waals surface area contributed by atoms with Gasteiger partial charge in [-0.15, -0.1) is 0 Å². The summed E-state index contributed by atoms with van der Waals surface area (Å²) in [5.41, 5.74) is 0.610. The highest BCUT2D eigenvalue weighted by Crippen LogP contribution is 2.12. The standard InChI is InChI=1S/C14H19NO4/c1-10(15-9-3-4-13(16)17)14(18)11-5-7-12(19-2)8-6-11/h5-8,10,15H,3-4,9H2,1-2H3,(H,16,17). The molecule has 1 rings (SSSR count). The number of Topliss-reactive ketones (excluding diaryl/α,β-unsaturated/α-hetero) is 1. The first-order chi connectivity index (χ1) is 9.04. The summed E-state index contributed by atoms with van der Waals surface area (Å²) >= 11 is 0. The Morgan fingerprint density at radius 1 is 1.32 bits per heavy atom. The van der Waals surface area contributed by atoms with Crippen LogP contribution in [0, 0.1) is 0 Å². The van der Waals surface area contributed by atoms with Crippen molar-refractivity contribution in [2.75, 3.05) is 13.7 Å². The Morgan fingerprint density at radius 3 is 2.47 bits per heavy atom. The normalized spacial score (nSPS) is 11.9. The van der Waals surface area contributed by atoms with E-state index >= 15 is 0 Å². The summed E-state index contributed by atoms with van der Waals surface area (Å²) in [5.74, 6) is -0.132. The molecule has 0 amide bonds. The van der Waals surface area contributed by atoms with Gasteiger partial charge in [-0.3, -0.25) is 9.59 Å². The average Bonchev–Trinajstić information content (AvgIpc) is 2.42. The van der Waals surface area contributed by atoms with Crippen molar-refractivity contribution in [2.45, 2.75) is 25.8 Å².